The molecule has 2 heterocycles. The van der Waals surface area contributed by atoms with Crippen LogP contribution >= 0.6 is 35.2 Å². The van der Waals surface area contributed by atoms with Gasteiger partial charge in [0.25, 0.3) is 5.91 Å². The standard InChI is InChI=1S/C24H21ClN4O2S2/c1-13-5-7-19(10-14(13)2)28(16(4)30)24-26-18(12-33-24)11-20-22(31)29(23(32)27-20)21-8-6-17(25)9-15(21)3/h5-12H,1-4H3,(H,27,32)/b20-11-. The number of benzene rings is 2. The number of thiocarbonyl (C=S) groups is 1. The molecule has 0 aliphatic carbocycles. The SMILES string of the molecule is CC(=O)N(c1ccc(C)c(C)c1)c1nc(/C=C2\NC(=S)N(c3ccc(Cl)cc3C)C2=O)cs1. The molecule has 4 rings (SSSR count). The van der Waals surface area contributed by atoms with Crippen LogP contribution in [0.3, 0.4) is 0 Å². The molecule has 168 valence electrons. The van der Waals surface area contributed by atoms with E-state index in [1.807, 2.05) is 39.0 Å². The van der Waals surface area contributed by atoms with Gasteiger partial charge in [-0.15, -0.1) is 11.3 Å². The smallest absolute Gasteiger partial charge is 0.281 e. The fourth-order valence-electron chi connectivity index (χ4n) is 3.51. The van der Waals surface area contributed by atoms with E-state index in [1.165, 1.54) is 23.2 Å². The summed E-state index contributed by atoms with van der Waals surface area (Å²) in [5, 5.41) is 6.17. The highest BCUT2D eigenvalue weighted by Crippen LogP contribution is 2.32. The molecule has 9 heteroatoms. The van der Waals surface area contributed by atoms with Gasteiger partial charge in [-0.25, -0.2) is 4.98 Å². The fraction of sp³-hybridized carbons (Fsp3) is 0.167. The van der Waals surface area contributed by atoms with E-state index in [9.17, 15) is 9.59 Å². The maximum Gasteiger partial charge on any atom is 0.281 e. The molecule has 0 bridgehead atoms. The van der Waals surface area contributed by atoms with Crippen LogP contribution in [0.15, 0.2) is 47.5 Å². The first kappa shape index (κ1) is 23.1. The molecule has 1 fully saturated rings. The zero-order chi connectivity index (χ0) is 23.9. The van der Waals surface area contributed by atoms with Crippen molar-refractivity contribution in [2.75, 3.05) is 9.80 Å². The van der Waals surface area contributed by atoms with Gasteiger partial charge in [-0.3, -0.25) is 19.4 Å². The van der Waals surface area contributed by atoms with Crippen LogP contribution in [0.5, 0.6) is 0 Å². The predicted octanol–water partition coefficient (Wildman–Crippen LogP) is 5.67. The summed E-state index contributed by atoms with van der Waals surface area (Å²) in [6.07, 6.45) is 1.64. The lowest BCUT2D eigenvalue weighted by Gasteiger charge is -2.19. The Bertz CT molecular complexity index is 1330. The lowest BCUT2D eigenvalue weighted by atomic mass is 10.1. The zero-order valence-electron chi connectivity index (χ0n) is 18.5. The van der Waals surface area contributed by atoms with Crippen molar-refractivity contribution in [3.8, 4) is 0 Å². The molecular formula is C24H21ClN4O2S2. The summed E-state index contributed by atoms with van der Waals surface area (Å²) in [5.74, 6) is -0.426. The average molecular weight is 497 g/mol. The van der Waals surface area contributed by atoms with Crippen LogP contribution in [-0.2, 0) is 9.59 Å². The Balaban J connectivity index is 1.64. The Kier molecular flexibility index (Phi) is 6.34. The average Bonchev–Trinajstić information content (AvgIpc) is 3.30. The number of aromatic nitrogens is 1. The highest BCUT2D eigenvalue weighted by molar-refractivity contribution is 7.80. The molecule has 0 spiro atoms. The van der Waals surface area contributed by atoms with Gasteiger partial charge in [0.2, 0.25) is 5.91 Å². The minimum atomic E-state index is -0.280. The van der Waals surface area contributed by atoms with Crippen LogP contribution in [0.1, 0.15) is 29.3 Å². The van der Waals surface area contributed by atoms with Gasteiger partial charge >= 0.3 is 0 Å². The number of nitrogens with one attached hydrogen (secondary N) is 1. The van der Waals surface area contributed by atoms with Gasteiger partial charge in [-0.1, -0.05) is 17.7 Å². The van der Waals surface area contributed by atoms with Crippen molar-refractivity contribution in [1.82, 2.24) is 10.3 Å². The molecule has 6 nitrogen and oxygen atoms in total. The number of carbonyl (C=O) groups excluding carboxylic acids is 2. The summed E-state index contributed by atoms with van der Waals surface area (Å²) < 4.78 is 0. The van der Waals surface area contributed by atoms with E-state index < -0.39 is 0 Å². The van der Waals surface area contributed by atoms with E-state index in [-0.39, 0.29) is 16.9 Å². The van der Waals surface area contributed by atoms with E-state index in [1.54, 1.807) is 34.6 Å². The number of thiazole rings is 1. The van der Waals surface area contributed by atoms with Gasteiger partial charge in [0.15, 0.2) is 10.2 Å². The minimum absolute atomic E-state index is 0.146. The third kappa shape index (κ3) is 4.55. The molecule has 33 heavy (non-hydrogen) atoms. The van der Waals surface area contributed by atoms with Gasteiger partial charge in [-0.2, -0.15) is 0 Å². The van der Waals surface area contributed by atoms with Crippen LogP contribution in [-0.4, -0.2) is 21.9 Å². The van der Waals surface area contributed by atoms with E-state index in [4.69, 9.17) is 23.8 Å². The number of rotatable bonds is 4. The molecule has 0 saturated carbocycles. The number of halogens is 1. The van der Waals surface area contributed by atoms with Crippen molar-refractivity contribution >= 4 is 74.7 Å². The summed E-state index contributed by atoms with van der Waals surface area (Å²) >= 11 is 12.8. The van der Waals surface area contributed by atoms with Crippen LogP contribution in [0.2, 0.25) is 5.02 Å². The number of hydrogen-bond donors (Lipinski definition) is 1. The summed E-state index contributed by atoms with van der Waals surface area (Å²) in [6.45, 7) is 7.40. The maximum absolute atomic E-state index is 13.1. The van der Waals surface area contributed by atoms with Gasteiger partial charge in [0.05, 0.1) is 17.1 Å². The van der Waals surface area contributed by atoms with E-state index in [0.29, 0.717) is 27.2 Å². The summed E-state index contributed by atoms with van der Waals surface area (Å²) in [5.41, 5.74) is 5.35. The van der Waals surface area contributed by atoms with Crippen LogP contribution < -0.4 is 15.1 Å². The van der Waals surface area contributed by atoms with Gasteiger partial charge in [0, 0.05) is 17.3 Å². The first-order valence-electron chi connectivity index (χ1n) is 10.1. The van der Waals surface area contributed by atoms with E-state index in [0.717, 1.165) is 22.4 Å². The highest BCUT2D eigenvalue weighted by Gasteiger charge is 2.33. The first-order chi connectivity index (χ1) is 15.7. The monoisotopic (exact) mass is 496 g/mol. The normalized spacial score (nSPS) is 14.7. The summed E-state index contributed by atoms with van der Waals surface area (Å²) in [4.78, 5) is 33.1. The van der Waals surface area contributed by atoms with Crippen molar-refractivity contribution in [1.29, 1.82) is 0 Å². The molecule has 1 N–H and O–H groups in total. The number of anilines is 3. The largest absolute Gasteiger partial charge is 0.327 e. The van der Waals surface area contributed by atoms with Gasteiger partial charge < -0.3 is 5.32 Å². The number of aryl methyl sites for hydroxylation is 3. The number of nitrogens with zero attached hydrogens (tertiary/aromatic N) is 3. The lowest BCUT2D eigenvalue weighted by Crippen LogP contribution is -2.30. The molecule has 2 amide bonds. The second-order valence-corrected chi connectivity index (χ2v) is 9.40. The topological polar surface area (TPSA) is 65.5 Å². The van der Waals surface area contributed by atoms with Crippen molar-refractivity contribution in [2.24, 2.45) is 0 Å². The highest BCUT2D eigenvalue weighted by atomic mass is 35.5. The molecule has 1 aliphatic heterocycles. The van der Waals surface area contributed by atoms with Crippen molar-refractivity contribution < 1.29 is 9.59 Å². The Morgan fingerprint density at radius 2 is 1.91 bits per heavy atom. The molecule has 2 aromatic carbocycles. The second-order valence-electron chi connectivity index (χ2n) is 7.74. The lowest BCUT2D eigenvalue weighted by molar-refractivity contribution is -0.116. The molecule has 3 aromatic rings. The number of hydrogen-bond acceptors (Lipinski definition) is 5. The number of amides is 2. The molecule has 1 aromatic heterocycles. The quantitative estimate of drug-likeness (QED) is 0.372. The van der Waals surface area contributed by atoms with E-state index >= 15 is 0 Å². The van der Waals surface area contributed by atoms with E-state index in [2.05, 4.69) is 10.3 Å². The van der Waals surface area contributed by atoms with Crippen LogP contribution in [0, 0.1) is 20.8 Å². The third-order valence-corrected chi connectivity index (χ3v) is 6.70. The Hall–Kier alpha value is -3.07. The summed E-state index contributed by atoms with van der Waals surface area (Å²) in [7, 11) is 0. The van der Waals surface area contributed by atoms with Crippen LogP contribution in [0.25, 0.3) is 6.08 Å². The predicted molar refractivity (Wildman–Crippen MR) is 138 cm³/mol. The molecule has 0 atom stereocenters. The molecule has 1 aliphatic rings. The third-order valence-electron chi connectivity index (χ3n) is 5.33. The van der Waals surface area contributed by atoms with Crippen LogP contribution in [0.4, 0.5) is 16.5 Å². The van der Waals surface area contributed by atoms with Gasteiger partial charge in [-0.05, 0) is 86.1 Å². The van der Waals surface area contributed by atoms with Crippen molar-refractivity contribution in [2.45, 2.75) is 27.7 Å². The minimum Gasteiger partial charge on any atom is -0.327 e. The zero-order valence-corrected chi connectivity index (χ0v) is 20.9. The maximum atomic E-state index is 13.1. The molecular weight excluding hydrogens is 476 g/mol. The van der Waals surface area contributed by atoms with Crippen molar-refractivity contribution in [3.63, 3.8) is 0 Å². The van der Waals surface area contributed by atoms with Crippen molar-refractivity contribution in [3.05, 3.63) is 74.9 Å². The Morgan fingerprint density at radius 3 is 2.58 bits per heavy atom. The second kappa shape index (κ2) is 9.05. The fourth-order valence-corrected chi connectivity index (χ4v) is 4.87. The molecule has 1 saturated heterocycles. The Labute approximate surface area is 206 Å². The summed E-state index contributed by atoms with van der Waals surface area (Å²) in [6, 6.07) is 11.1. The molecule has 0 unspecified atom stereocenters. The number of carbonyl (C=O) groups is 2. The Morgan fingerprint density at radius 1 is 1.15 bits per heavy atom. The van der Waals surface area contributed by atoms with Gasteiger partial charge in [0.1, 0.15) is 5.70 Å². The molecule has 0 radical (unpaired) electrons. The first-order valence-corrected chi connectivity index (χ1v) is 11.8.